The number of amides is 1. The maximum atomic E-state index is 12.3. The Hall–Kier alpha value is -1.59. The van der Waals surface area contributed by atoms with E-state index in [2.05, 4.69) is 12.2 Å². The zero-order valence-electron chi connectivity index (χ0n) is 15.9. The van der Waals surface area contributed by atoms with Crippen molar-refractivity contribution in [1.29, 1.82) is 0 Å². The van der Waals surface area contributed by atoms with Crippen LogP contribution < -0.4 is 5.32 Å². The summed E-state index contributed by atoms with van der Waals surface area (Å²) in [7, 11) is 0. The van der Waals surface area contributed by atoms with E-state index in [4.69, 9.17) is 9.47 Å². The molecule has 3 rings (SSSR count). The fraction of sp³-hybridized carbons (Fsp3) is 0.667. The van der Waals surface area contributed by atoms with Crippen LogP contribution in [0.25, 0.3) is 0 Å². The summed E-state index contributed by atoms with van der Waals surface area (Å²) in [5.41, 5.74) is 1.01. The molecule has 1 aliphatic carbocycles. The average molecular weight is 360 g/mol. The minimum atomic E-state index is -0.247. The van der Waals surface area contributed by atoms with Gasteiger partial charge in [-0.1, -0.05) is 50.1 Å². The number of nitrogens with zero attached hydrogens (tertiary/aromatic N) is 1. The zero-order chi connectivity index (χ0) is 18.2. The summed E-state index contributed by atoms with van der Waals surface area (Å²) < 4.78 is 11.3. The van der Waals surface area contributed by atoms with Crippen LogP contribution in [0.3, 0.4) is 0 Å². The van der Waals surface area contributed by atoms with Crippen LogP contribution in [0.15, 0.2) is 30.3 Å². The third-order valence-electron chi connectivity index (χ3n) is 5.45. The lowest BCUT2D eigenvalue weighted by Gasteiger charge is -2.33. The van der Waals surface area contributed by atoms with Crippen LogP contribution >= 0.6 is 0 Å². The van der Waals surface area contributed by atoms with Gasteiger partial charge in [0.1, 0.15) is 6.61 Å². The second-order valence-corrected chi connectivity index (χ2v) is 7.78. The molecule has 1 saturated carbocycles. The monoisotopic (exact) mass is 360 g/mol. The summed E-state index contributed by atoms with van der Waals surface area (Å²) >= 11 is 0. The first kappa shape index (κ1) is 19.2. The van der Waals surface area contributed by atoms with Crippen molar-refractivity contribution in [2.75, 3.05) is 32.8 Å². The molecular weight excluding hydrogens is 328 g/mol. The topological polar surface area (TPSA) is 50.8 Å². The summed E-state index contributed by atoms with van der Waals surface area (Å²) in [5.74, 6) is 1.64. The standard InChI is InChI=1S/C21H32N2O3/c1-17-6-5-9-19(12-17)13-22-14-20-15-23(10-11-25-20)21(24)26-16-18-7-3-2-4-8-18/h2-4,7-8,17,19-20,22H,5-6,9-16H2,1H3. The molecule has 0 bridgehead atoms. The first-order chi connectivity index (χ1) is 12.7. The number of benzene rings is 1. The molecule has 5 heteroatoms. The molecule has 1 N–H and O–H groups in total. The minimum absolute atomic E-state index is 0.0500. The van der Waals surface area contributed by atoms with Crippen molar-refractivity contribution in [3.8, 4) is 0 Å². The molecule has 26 heavy (non-hydrogen) atoms. The van der Waals surface area contributed by atoms with Crippen LogP contribution in [0.4, 0.5) is 4.79 Å². The van der Waals surface area contributed by atoms with Crippen LogP contribution in [0, 0.1) is 11.8 Å². The highest BCUT2D eigenvalue weighted by Crippen LogP contribution is 2.27. The molecule has 1 saturated heterocycles. The summed E-state index contributed by atoms with van der Waals surface area (Å²) in [6.07, 6.45) is 5.20. The molecule has 1 aromatic rings. The third-order valence-corrected chi connectivity index (χ3v) is 5.45. The van der Waals surface area contributed by atoms with Gasteiger partial charge in [0, 0.05) is 13.1 Å². The second-order valence-electron chi connectivity index (χ2n) is 7.78. The van der Waals surface area contributed by atoms with Gasteiger partial charge in [-0.15, -0.1) is 0 Å². The Morgan fingerprint density at radius 2 is 2.12 bits per heavy atom. The van der Waals surface area contributed by atoms with E-state index in [0.29, 0.717) is 26.3 Å². The lowest BCUT2D eigenvalue weighted by molar-refractivity contribution is -0.0274. The van der Waals surface area contributed by atoms with Gasteiger partial charge < -0.3 is 19.7 Å². The smallest absolute Gasteiger partial charge is 0.410 e. The molecule has 1 amide bonds. The first-order valence-corrected chi connectivity index (χ1v) is 9.98. The van der Waals surface area contributed by atoms with E-state index in [-0.39, 0.29) is 12.2 Å². The Bertz CT molecular complexity index is 551. The van der Waals surface area contributed by atoms with Gasteiger partial charge in [-0.25, -0.2) is 4.79 Å². The molecule has 3 unspecified atom stereocenters. The fourth-order valence-corrected chi connectivity index (χ4v) is 4.01. The van der Waals surface area contributed by atoms with E-state index in [0.717, 1.165) is 30.5 Å². The van der Waals surface area contributed by atoms with Crippen LogP contribution in [-0.4, -0.2) is 49.9 Å². The predicted molar refractivity (Wildman–Crippen MR) is 102 cm³/mol. The first-order valence-electron chi connectivity index (χ1n) is 9.98. The molecule has 1 aromatic carbocycles. The molecule has 2 aliphatic rings. The zero-order valence-corrected chi connectivity index (χ0v) is 15.9. The van der Waals surface area contributed by atoms with Crippen molar-refractivity contribution in [2.45, 2.75) is 45.3 Å². The van der Waals surface area contributed by atoms with E-state index in [9.17, 15) is 4.79 Å². The Labute approximate surface area is 157 Å². The lowest BCUT2D eigenvalue weighted by Crippen LogP contribution is -2.49. The van der Waals surface area contributed by atoms with Gasteiger partial charge in [0.25, 0.3) is 0 Å². The third kappa shape index (κ3) is 5.99. The van der Waals surface area contributed by atoms with E-state index < -0.39 is 0 Å². The number of nitrogens with one attached hydrogen (secondary N) is 1. The number of hydrogen-bond donors (Lipinski definition) is 1. The summed E-state index contributed by atoms with van der Waals surface area (Å²) in [6.45, 7) is 6.31. The molecule has 3 atom stereocenters. The SMILES string of the molecule is CC1CCCC(CNCC2CN(C(=O)OCc3ccccc3)CCO2)C1. The molecule has 0 radical (unpaired) electrons. The fourth-order valence-electron chi connectivity index (χ4n) is 4.01. The number of ether oxygens (including phenoxy) is 2. The number of carbonyl (C=O) groups excluding carboxylic acids is 1. The highest BCUT2D eigenvalue weighted by molar-refractivity contribution is 5.67. The molecule has 2 fully saturated rings. The molecule has 1 heterocycles. The van der Waals surface area contributed by atoms with Crippen LogP contribution in [-0.2, 0) is 16.1 Å². The summed E-state index contributed by atoms with van der Waals surface area (Å²) in [5, 5.41) is 3.56. The number of carbonyl (C=O) groups is 1. The van der Waals surface area contributed by atoms with Crippen molar-refractivity contribution in [3.63, 3.8) is 0 Å². The molecule has 144 valence electrons. The van der Waals surface area contributed by atoms with Crippen LogP contribution in [0.1, 0.15) is 38.2 Å². The molecule has 0 aromatic heterocycles. The Kier molecular flexibility index (Phi) is 7.32. The van der Waals surface area contributed by atoms with Gasteiger partial charge in [-0.3, -0.25) is 0 Å². The highest BCUT2D eigenvalue weighted by Gasteiger charge is 2.25. The van der Waals surface area contributed by atoms with Gasteiger partial charge in [-0.05, 0) is 36.8 Å². The number of rotatable bonds is 6. The van der Waals surface area contributed by atoms with Crippen molar-refractivity contribution in [1.82, 2.24) is 10.2 Å². The normalized spacial score (nSPS) is 26.5. The van der Waals surface area contributed by atoms with E-state index >= 15 is 0 Å². The Morgan fingerprint density at radius 1 is 1.27 bits per heavy atom. The Morgan fingerprint density at radius 3 is 2.92 bits per heavy atom. The molecular formula is C21H32N2O3. The summed E-state index contributed by atoms with van der Waals surface area (Å²) in [6, 6.07) is 9.79. The van der Waals surface area contributed by atoms with Crippen molar-refractivity contribution in [3.05, 3.63) is 35.9 Å². The van der Waals surface area contributed by atoms with Crippen molar-refractivity contribution < 1.29 is 14.3 Å². The van der Waals surface area contributed by atoms with Crippen LogP contribution in [0.5, 0.6) is 0 Å². The van der Waals surface area contributed by atoms with Crippen molar-refractivity contribution in [2.24, 2.45) is 11.8 Å². The number of hydrogen-bond acceptors (Lipinski definition) is 4. The van der Waals surface area contributed by atoms with E-state index in [1.54, 1.807) is 4.90 Å². The van der Waals surface area contributed by atoms with Gasteiger partial charge in [0.2, 0.25) is 0 Å². The lowest BCUT2D eigenvalue weighted by atomic mass is 9.82. The highest BCUT2D eigenvalue weighted by atomic mass is 16.6. The van der Waals surface area contributed by atoms with E-state index in [1.807, 2.05) is 30.3 Å². The van der Waals surface area contributed by atoms with Crippen molar-refractivity contribution >= 4 is 6.09 Å². The van der Waals surface area contributed by atoms with Gasteiger partial charge in [0.05, 0.1) is 19.3 Å². The van der Waals surface area contributed by atoms with Gasteiger partial charge in [-0.2, -0.15) is 0 Å². The number of morpholine rings is 1. The van der Waals surface area contributed by atoms with Crippen LogP contribution in [0.2, 0.25) is 0 Å². The second kappa shape index (κ2) is 9.93. The quantitative estimate of drug-likeness (QED) is 0.844. The maximum Gasteiger partial charge on any atom is 0.410 e. The molecule has 5 nitrogen and oxygen atoms in total. The average Bonchev–Trinajstić information content (AvgIpc) is 2.67. The maximum absolute atomic E-state index is 12.3. The largest absolute Gasteiger partial charge is 0.445 e. The van der Waals surface area contributed by atoms with E-state index in [1.165, 1.54) is 25.7 Å². The van der Waals surface area contributed by atoms with Gasteiger partial charge in [0.15, 0.2) is 0 Å². The Balaban J connectivity index is 1.36. The predicted octanol–water partition coefficient (Wildman–Crippen LogP) is 3.44. The minimum Gasteiger partial charge on any atom is -0.445 e. The van der Waals surface area contributed by atoms with Gasteiger partial charge >= 0.3 is 6.09 Å². The molecule has 0 spiro atoms. The molecule has 1 aliphatic heterocycles. The summed E-state index contributed by atoms with van der Waals surface area (Å²) in [4.78, 5) is 14.1.